The normalized spacial score (nSPS) is 21.2. The summed E-state index contributed by atoms with van der Waals surface area (Å²) in [7, 11) is 3.39. The molecule has 0 saturated carbocycles. The Morgan fingerprint density at radius 3 is 2.52 bits per heavy atom. The van der Waals surface area contributed by atoms with Crippen LogP contribution in [0.2, 0.25) is 0 Å². The molecule has 2 bridgehead atoms. The van der Waals surface area contributed by atoms with Crippen LogP contribution in [0.1, 0.15) is 35.4 Å². The Kier molecular flexibility index (Phi) is 4.35. The van der Waals surface area contributed by atoms with Gasteiger partial charge < -0.3 is 9.47 Å². The van der Waals surface area contributed by atoms with E-state index in [4.69, 9.17) is 14.5 Å². The number of fused-ring (bicyclic) bond motifs is 4. The smallest absolute Gasteiger partial charge is 0.276 e. The van der Waals surface area contributed by atoms with Gasteiger partial charge in [0.15, 0.2) is 5.65 Å². The predicted octanol–water partition coefficient (Wildman–Crippen LogP) is 2.48. The van der Waals surface area contributed by atoms with E-state index in [1.165, 1.54) is 0 Å². The zero-order valence-corrected chi connectivity index (χ0v) is 17.1. The second-order valence-electron chi connectivity index (χ2n) is 8.08. The molecule has 0 aliphatic carbocycles. The van der Waals surface area contributed by atoms with E-state index in [0.29, 0.717) is 17.7 Å². The Morgan fingerprint density at radius 1 is 1.14 bits per heavy atom. The quantitative estimate of drug-likeness (QED) is 0.736. The maximum atomic E-state index is 13.1. The topological polar surface area (TPSA) is 71.9 Å². The summed E-state index contributed by atoms with van der Waals surface area (Å²) in [5.41, 5.74) is 4.57. The van der Waals surface area contributed by atoms with Gasteiger partial charge in [0.1, 0.15) is 11.5 Å². The van der Waals surface area contributed by atoms with Crippen molar-refractivity contribution >= 4 is 5.65 Å². The minimum absolute atomic E-state index is 0.0421. The molecule has 0 amide bonds. The summed E-state index contributed by atoms with van der Waals surface area (Å²) in [5.74, 6) is 1.68. The van der Waals surface area contributed by atoms with E-state index < -0.39 is 0 Å². The average molecular weight is 394 g/mol. The zero-order valence-electron chi connectivity index (χ0n) is 17.1. The number of aromatic nitrogens is 3. The number of hydrogen-bond acceptors (Lipinski definition) is 5. The molecule has 29 heavy (non-hydrogen) atoms. The lowest BCUT2D eigenvalue weighted by atomic mass is 9.98. The number of benzene rings is 1. The molecule has 0 spiro atoms. The molecule has 0 unspecified atom stereocenters. The minimum atomic E-state index is 0.0421. The summed E-state index contributed by atoms with van der Waals surface area (Å²) in [4.78, 5) is 20.5. The van der Waals surface area contributed by atoms with Crippen LogP contribution in [0.5, 0.6) is 11.5 Å². The summed E-state index contributed by atoms with van der Waals surface area (Å²) in [5, 5.41) is 3.12. The third-order valence-corrected chi connectivity index (χ3v) is 6.43. The molecule has 2 aromatic heterocycles. The van der Waals surface area contributed by atoms with Crippen LogP contribution in [-0.4, -0.2) is 45.8 Å². The number of hydrogen-bond donors (Lipinski definition) is 1. The standard InChI is InChI=1S/C22H26N4O3/c1-13-9-21-23-18-11-15-8-7-14(10-16(18)22(27)26(21)24-13)25(15)12-17-19(28-2)5-4-6-20(17)29-3/h4-6,9,14-15,24H,7-8,10-12H2,1-3H3/t14-,15-/m1/s1. The molecule has 4 heterocycles. The maximum Gasteiger partial charge on any atom is 0.276 e. The summed E-state index contributed by atoms with van der Waals surface area (Å²) >= 11 is 0. The van der Waals surface area contributed by atoms with Crippen molar-refractivity contribution in [1.82, 2.24) is 19.5 Å². The number of nitrogens with zero attached hydrogens (tertiary/aromatic N) is 3. The third-order valence-electron chi connectivity index (χ3n) is 6.43. The molecule has 7 heteroatoms. The average Bonchev–Trinajstić information content (AvgIpc) is 3.22. The van der Waals surface area contributed by atoms with Gasteiger partial charge in [-0.15, -0.1) is 0 Å². The van der Waals surface area contributed by atoms with Gasteiger partial charge in [0.2, 0.25) is 0 Å². The van der Waals surface area contributed by atoms with Gasteiger partial charge in [0.05, 0.1) is 25.5 Å². The van der Waals surface area contributed by atoms with Crippen LogP contribution in [-0.2, 0) is 19.4 Å². The van der Waals surface area contributed by atoms with E-state index in [0.717, 1.165) is 66.2 Å². The lowest BCUT2D eigenvalue weighted by Crippen LogP contribution is -2.36. The van der Waals surface area contributed by atoms with Crippen LogP contribution in [0, 0.1) is 6.92 Å². The molecule has 1 saturated heterocycles. The van der Waals surface area contributed by atoms with Crippen molar-refractivity contribution in [3.63, 3.8) is 0 Å². The van der Waals surface area contributed by atoms with E-state index in [2.05, 4.69) is 10.00 Å². The van der Waals surface area contributed by atoms with E-state index in [-0.39, 0.29) is 5.56 Å². The van der Waals surface area contributed by atoms with Gasteiger partial charge in [-0.2, -0.15) is 0 Å². The number of H-pyrrole nitrogens is 1. The largest absolute Gasteiger partial charge is 0.496 e. The Labute approximate surface area is 169 Å². The third kappa shape index (κ3) is 2.92. The fourth-order valence-electron chi connectivity index (χ4n) is 5.04. The highest BCUT2D eigenvalue weighted by atomic mass is 16.5. The van der Waals surface area contributed by atoms with Crippen molar-refractivity contribution in [1.29, 1.82) is 0 Å². The fraction of sp³-hybridized carbons (Fsp3) is 0.455. The van der Waals surface area contributed by atoms with Gasteiger partial charge in [0, 0.05) is 42.4 Å². The highest BCUT2D eigenvalue weighted by Crippen LogP contribution is 2.37. The Morgan fingerprint density at radius 2 is 1.83 bits per heavy atom. The van der Waals surface area contributed by atoms with E-state index in [1.54, 1.807) is 18.7 Å². The lowest BCUT2D eigenvalue weighted by Gasteiger charge is -2.29. The van der Waals surface area contributed by atoms with Crippen molar-refractivity contribution in [2.24, 2.45) is 0 Å². The van der Waals surface area contributed by atoms with E-state index in [9.17, 15) is 4.79 Å². The molecule has 5 rings (SSSR count). The summed E-state index contributed by atoms with van der Waals surface area (Å²) in [6.45, 7) is 2.69. The SMILES string of the molecule is COc1cccc(OC)c1CN1[C@@H]2CC[C@@H]1Cc1c(nc3cc(C)[nH]n3c1=O)C2. The maximum absolute atomic E-state index is 13.1. The minimum Gasteiger partial charge on any atom is -0.496 e. The number of nitrogens with one attached hydrogen (secondary N) is 1. The summed E-state index contributed by atoms with van der Waals surface area (Å²) < 4.78 is 12.8. The molecule has 2 atom stereocenters. The molecule has 1 aromatic carbocycles. The second-order valence-corrected chi connectivity index (χ2v) is 8.08. The highest BCUT2D eigenvalue weighted by molar-refractivity contribution is 5.45. The van der Waals surface area contributed by atoms with Crippen LogP contribution in [0.4, 0.5) is 0 Å². The van der Waals surface area contributed by atoms with Crippen LogP contribution >= 0.6 is 0 Å². The van der Waals surface area contributed by atoms with Gasteiger partial charge >= 0.3 is 0 Å². The van der Waals surface area contributed by atoms with Gasteiger partial charge in [-0.1, -0.05) is 6.07 Å². The molecular formula is C22H26N4O3. The first kappa shape index (κ1) is 18.2. The zero-order chi connectivity index (χ0) is 20.1. The number of aryl methyl sites for hydroxylation is 1. The monoisotopic (exact) mass is 394 g/mol. The molecule has 2 aliphatic rings. The van der Waals surface area contributed by atoms with Crippen molar-refractivity contribution in [2.45, 2.75) is 51.2 Å². The molecule has 1 N–H and O–H groups in total. The Bertz CT molecular complexity index is 1110. The Hall–Kier alpha value is -2.80. The molecule has 2 aliphatic heterocycles. The Balaban J connectivity index is 1.53. The van der Waals surface area contributed by atoms with Crippen molar-refractivity contribution < 1.29 is 9.47 Å². The molecule has 7 nitrogen and oxygen atoms in total. The van der Waals surface area contributed by atoms with Gasteiger partial charge in [-0.25, -0.2) is 9.50 Å². The number of methoxy groups -OCH3 is 2. The van der Waals surface area contributed by atoms with Crippen LogP contribution < -0.4 is 15.0 Å². The van der Waals surface area contributed by atoms with E-state index in [1.807, 2.05) is 31.2 Å². The first-order valence-corrected chi connectivity index (χ1v) is 10.1. The van der Waals surface area contributed by atoms with Gasteiger partial charge in [-0.3, -0.25) is 14.8 Å². The number of aromatic amines is 1. The molecule has 152 valence electrons. The van der Waals surface area contributed by atoms with Crippen LogP contribution in [0.25, 0.3) is 5.65 Å². The van der Waals surface area contributed by atoms with Crippen molar-refractivity contribution in [3.05, 3.63) is 57.1 Å². The van der Waals surface area contributed by atoms with E-state index >= 15 is 0 Å². The van der Waals surface area contributed by atoms with Gasteiger partial charge in [0.25, 0.3) is 5.56 Å². The highest BCUT2D eigenvalue weighted by Gasteiger charge is 2.39. The fourth-order valence-corrected chi connectivity index (χ4v) is 5.04. The first-order valence-electron chi connectivity index (χ1n) is 10.1. The van der Waals surface area contributed by atoms with Gasteiger partial charge in [-0.05, 0) is 38.3 Å². The second kappa shape index (κ2) is 6.91. The van der Waals surface area contributed by atoms with Crippen molar-refractivity contribution in [3.8, 4) is 11.5 Å². The summed E-state index contributed by atoms with van der Waals surface area (Å²) in [6, 6.07) is 8.52. The first-order chi connectivity index (χ1) is 14.1. The van der Waals surface area contributed by atoms with Crippen LogP contribution in [0.3, 0.4) is 0 Å². The van der Waals surface area contributed by atoms with Crippen LogP contribution in [0.15, 0.2) is 29.1 Å². The number of ether oxygens (including phenoxy) is 2. The predicted molar refractivity (Wildman–Crippen MR) is 110 cm³/mol. The molecule has 1 fully saturated rings. The molecule has 0 radical (unpaired) electrons. The molecular weight excluding hydrogens is 368 g/mol. The summed E-state index contributed by atoms with van der Waals surface area (Å²) in [6.07, 6.45) is 3.75. The van der Waals surface area contributed by atoms with Crippen molar-refractivity contribution in [2.75, 3.05) is 14.2 Å². The molecule has 3 aromatic rings. The number of rotatable bonds is 4. The lowest BCUT2D eigenvalue weighted by molar-refractivity contribution is 0.183.